The Bertz CT molecular complexity index is 282. The standard InChI is InChI=1S/C7H6N2O2/c1-6(9(10)11)7-2-4-8-5-3-7/h2-5H,1H2. The Kier molecular flexibility index (Phi) is 1.96. The Morgan fingerprint density at radius 2 is 2.09 bits per heavy atom. The molecule has 0 N–H and O–H groups in total. The molecule has 0 bridgehead atoms. The van der Waals surface area contributed by atoms with Crippen LogP contribution >= 0.6 is 0 Å². The normalized spacial score (nSPS) is 9.09. The molecule has 0 aromatic carbocycles. The van der Waals surface area contributed by atoms with E-state index in [0.717, 1.165) is 0 Å². The first-order chi connectivity index (χ1) is 5.22. The van der Waals surface area contributed by atoms with Gasteiger partial charge in [0, 0.05) is 12.4 Å². The fraction of sp³-hybridized carbons (Fsp3) is 0. The second kappa shape index (κ2) is 2.92. The molecule has 0 aliphatic carbocycles. The third-order valence-corrected chi connectivity index (χ3v) is 1.23. The molecule has 56 valence electrons. The first-order valence-electron chi connectivity index (χ1n) is 2.95. The van der Waals surface area contributed by atoms with Crippen molar-refractivity contribution in [3.63, 3.8) is 0 Å². The number of rotatable bonds is 2. The van der Waals surface area contributed by atoms with Gasteiger partial charge in [-0.1, -0.05) is 0 Å². The van der Waals surface area contributed by atoms with Crippen LogP contribution in [0.3, 0.4) is 0 Å². The first kappa shape index (κ1) is 7.40. The van der Waals surface area contributed by atoms with Crippen molar-refractivity contribution in [2.24, 2.45) is 0 Å². The summed E-state index contributed by atoms with van der Waals surface area (Å²) >= 11 is 0. The van der Waals surface area contributed by atoms with Crippen molar-refractivity contribution in [1.29, 1.82) is 0 Å². The Hall–Kier alpha value is -1.71. The summed E-state index contributed by atoms with van der Waals surface area (Å²) in [7, 11) is 0. The number of aromatic nitrogens is 1. The predicted octanol–water partition coefficient (Wildman–Crippen LogP) is 1.33. The smallest absolute Gasteiger partial charge is 0.265 e. The fourth-order valence-corrected chi connectivity index (χ4v) is 0.650. The van der Waals surface area contributed by atoms with Crippen LogP contribution < -0.4 is 0 Å². The fourth-order valence-electron chi connectivity index (χ4n) is 0.650. The van der Waals surface area contributed by atoms with Gasteiger partial charge in [0.25, 0.3) is 5.70 Å². The highest BCUT2D eigenvalue weighted by atomic mass is 16.6. The van der Waals surface area contributed by atoms with E-state index in [-0.39, 0.29) is 5.70 Å². The molecule has 0 amide bonds. The molecule has 4 heteroatoms. The van der Waals surface area contributed by atoms with Gasteiger partial charge in [-0.2, -0.15) is 0 Å². The molecule has 1 rings (SSSR count). The van der Waals surface area contributed by atoms with Crippen molar-refractivity contribution in [3.05, 3.63) is 46.8 Å². The van der Waals surface area contributed by atoms with E-state index >= 15 is 0 Å². The van der Waals surface area contributed by atoms with Gasteiger partial charge in [0.15, 0.2) is 0 Å². The molecule has 0 radical (unpaired) electrons. The summed E-state index contributed by atoms with van der Waals surface area (Å²) in [6.45, 7) is 3.30. The lowest BCUT2D eigenvalue weighted by atomic mass is 10.2. The molecule has 0 fully saturated rings. The average Bonchev–Trinajstić information content (AvgIpc) is 2.05. The predicted molar refractivity (Wildman–Crippen MR) is 40.3 cm³/mol. The molecule has 0 atom stereocenters. The zero-order chi connectivity index (χ0) is 8.27. The van der Waals surface area contributed by atoms with Crippen LogP contribution in [0.4, 0.5) is 0 Å². The van der Waals surface area contributed by atoms with E-state index in [0.29, 0.717) is 5.56 Å². The molecule has 0 aliphatic rings. The molecule has 0 saturated heterocycles. The second-order valence-electron chi connectivity index (χ2n) is 1.94. The van der Waals surface area contributed by atoms with Gasteiger partial charge in [0.05, 0.1) is 10.5 Å². The van der Waals surface area contributed by atoms with Crippen LogP contribution in [-0.2, 0) is 0 Å². The van der Waals surface area contributed by atoms with Crippen molar-refractivity contribution < 1.29 is 4.92 Å². The molecular formula is C7H6N2O2. The molecular weight excluding hydrogens is 144 g/mol. The highest BCUT2D eigenvalue weighted by Gasteiger charge is 2.08. The highest BCUT2D eigenvalue weighted by molar-refractivity contribution is 5.54. The van der Waals surface area contributed by atoms with Gasteiger partial charge in [-0.25, -0.2) is 0 Å². The Morgan fingerprint density at radius 3 is 2.55 bits per heavy atom. The number of nitro groups is 1. The Morgan fingerprint density at radius 1 is 1.55 bits per heavy atom. The average molecular weight is 150 g/mol. The summed E-state index contributed by atoms with van der Waals surface area (Å²) in [5.41, 5.74) is 0.386. The molecule has 1 aromatic rings. The van der Waals surface area contributed by atoms with Gasteiger partial charge >= 0.3 is 0 Å². The molecule has 1 heterocycles. The van der Waals surface area contributed by atoms with Crippen LogP contribution in [0.15, 0.2) is 31.1 Å². The second-order valence-corrected chi connectivity index (χ2v) is 1.94. The summed E-state index contributed by atoms with van der Waals surface area (Å²) in [5.74, 6) is 0. The van der Waals surface area contributed by atoms with E-state index in [1.54, 1.807) is 12.1 Å². The Labute approximate surface area is 63.3 Å². The van der Waals surface area contributed by atoms with Crippen LogP contribution in [-0.4, -0.2) is 9.91 Å². The molecule has 0 spiro atoms. The zero-order valence-electron chi connectivity index (χ0n) is 5.73. The SMILES string of the molecule is C=C(c1ccncc1)[N+](=O)[O-]. The maximum Gasteiger partial charge on any atom is 0.269 e. The maximum absolute atomic E-state index is 10.2. The summed E-state index contributed by atoms with van der Waals surface area (Å²) < 4.78 is 0. The maximum atomic E-state index is 10.2. The van der Waals surface area contributed by atoms with Crippen LogP contribution in [0.1, 0.15) is 5.56 Å². The van der Waals surface area contributed by atoms with Crippen molar-refractivity contribution in [1.82, 2.24) is 4.98 Å². The minimum absolute atomic E-state index is 0.104. The summed E-state index contributed by atoms with van der Waals surface area (Å²) in [4.78, 5) is 13.4. The van der Waals surface area contributed by atoms with Crippen LogP contribution in [0, 0.1) is 10.1 Å². The molecule has 0 saturated carbocycles. The number of nitrogens with zero attached hydrogens (tertiary/aromatic N) is 2. The van der Waals surface area contributed by atoms with E-state index in [1.807, 2.05) is 0 Å². The quantitative estimate of drug-likeness (QED) is 0.472. The van der Waals surface area contributed by atoms with E-state index in [1.165, 1.54) is 12.4 Å². The Balaban J connectivity index is 2.95. The van der Waals surface area contributed by atoms with Crippen molar-refractivity contribution >= 4 is 5.70 Å². The van der Waals surface area contributed by atoms with Gasteiger partial charge in [-0.05, 0) is 18.7 Å². The number of hydrogen-bond acceptors (Lipinski definition) is 3. The van der Waals surface area contributed by atoms with Gasteiger partial charge < -0.3 is 0 Å². The molecule has 4 nitrogen and oxygen atoms in total. The van der Waals surface area contributed by atoms with E-state index in [9.17, 15) is 10.1 Å². The van der Waals surface area contributed by atoms with Crippen LogP contribution in [0.25, 0.3) is 5.70 Å². The molecule has 11 heavy (non-hydrogen) atoms. The topological polar surface area (TPSA) is 56.0 Å². The van der Waals surface area contributed by atoms with Crippen molar-refractivity contribution in [2.75, 3.05) is 0 Å². The van der Waals surface area contributed by atoms with Crippen molar-refractivity contribution in [3.8, 4) is 0 Å². The monoisotopic (exact) mass is 150 g/mol. The van der Waals surface area contributed by atoms with Gasteiger partial charge in [0.2, 0.25) is 0 Å². The summed E-state index contributed by atoms with van der Waals surface area (Å²) in [6.07, 6.45) is 2.98. The van der Waals surface area contributed by atoms with E-state index < -0.39 is 4.92 Å². The number of pyridine rings is 1. The van der Waals surface area contributed by atoms with Crippen LogP contribution in [0.2, 0.25) is 0 Å². The molecule has 1 aromatic heterocycles. The summed E-state index contributed by atoms with van der Waals surface area (Å²) in [6, 6.07) is 3.09. The van der Waals surface area contributed by atoms with Crippen LogP contribution in [0.5, 0.6) is 0 Å². The lowest BCUT2D eigenvalue weighted by molar-refractivity contribution is -0.375. The largest absolute Gasteiger partial charge is 0.269 e. The lowest BCUT2D eigenvalue weighted by Crippen LogP contribution is -1.95. The van der Waals surface area contributed by atoms with Crippen molar-refractivity contribution in [2.45, 2.75) is 0 Å². The van der Waals surface area contributed by atoms with E-state index in [4.69, 9.17) is 0 Å². The molecule has 0 aliphatic heterocycles. The zero-order valence-corrected chi connectivity index (χ0v) is 5.73. The highest BCUT2D eigenvalue weighted by Crippen LogP contribution is 2.09. The minimum Gasteiger partial charge on any atom is -0.265 e. The van der Waals surface area contributed by atoms with E-state index in [2.05, 4.69) is 11.6 Å². The third kappa shape index (κ3) is 1.61. The van der Waals surface area contributed by atoms with Gasteiger partial charge in [-0.3, -0.25) is 15.1 Å². The third-order valence-electron chi connectivity index (χ3n) is 1.23. The first-order valence-corrected chi connectivity index (χ1v) is 2.95. The lowest BCUT2D eigenvalue weighted by Gasteiger charge is -1.93. The van der Waals surface area contributed by atoms with Gasteiger partial charge in [0.1, 0.15) is 0 Å². The summed E-state index contributed by atoms with van der Waals surface area (Å²) in [5, 5.41) is 10.2. The number of hydrogen-bond donors (Lipinski definition) is 0. The molecule has 0 unspecified atom stereocenters. The minimum atomic E-state index is -0.519. The van der Waals surface area contributed by atoms with Gasteiger partial charge in [-0.15, -0.1) is 0 Å².